The van der Waals surface area contributed by atoms with Gasteiger partial charge in [0.15, 0.2) is 0 Å². The molecule has 66 valence electrons. The van der Waals surface area contributed by atoms with Crippen LogP contribution in [0.5, 0.6) is 0 Å². The lowest BCUT2D eigenvalue weighted by atomic mass is 10.2. The summed E-state index contributed by atoms with van der Waals surface area (Å²) in [7, 11) is 1.80. The second kappa shape index (κ2) is 12.1. The highest BCUT2D eigenvalue weighted by molar-refractivity contribution is 5.78. The molecular formula is C10H21N. The van der Waals surface area contributed by atoms with Crippen molar-refractivity contribution in [3.05, 3.63) is 11.6 Å². The quantitative estimate of drug-likeness (QED) is 0.553. The molecule has 0 atom stereocenters. The van der Waals surface area contributed by atoms with Crippen LogP contribution in [-0.2, 0) is 0 Å². The molecule has 0 saturated heterocycles. The summed E-state index contributed by atoms with van der Waals surface area (Å²) >= 11 is 0. The normalized spacial score (nSPS) is 11.2. The molecule has 0 rings (SSSR count). The summed E-state index contributed by atoms with van der Waals surface area (Å²) in [6.45, 7) is 8.28. The summed E-state index contributed by atoms with van der Waals surface area (Å²) in [5.74, 6) is 0. The number of allylic oxidation sites excluding steroid dienone is 2. The summed E-state index contributed by atoms with van der Waals surface area (Å²) in [5, 5.41) is 0. The van der Waals surface area contributed by atoms with Crippen LogP contribution in [0.15, 0.2) is 16.6 Å². The summed E-state index contributed by atoms with van der Waals surface area (Å²) < 4.78 is 0. The number of hydrogen-bond acceptors (Lipinski definition) is 1. The molecule has 0 saturated carbocycles. The first-order valence-corrected chi connectivity index (χ1v) is 4.46. The van der Waals surface area contributed by atoms with Crippen molar-refractivity contribution in [2.45, 2.75) is 40.5 Å². The summed E-state index contributed by atoms with van der Waals surface area (Å²) in [6, 6.07) is 0. The van der Waals surface area contributed by atoms with Gasteiger partial charge in [-0.15, -0.1) is 0 Å². The van der Waals surface area contributed by atoms with Gasteiger partial charge in [-0.05, 0) is 18.4 Å². The van der Waals surface area contributed by atoms with E-state index in [-0.39, 0.29) is 0 Å². The van der Waals surface area contributed by atoms with Crippen LogP contribution in [0.3, 0.4) is 0 Å². The Bertz CT molecular complexity index is 112. The number of nitrogens with zero attached hydrogens (tertiary/aromatic N) is 1. The molecule has 0 aromatic rings. The lowest BCUT2D eigenvalue weighted by molar-refractivity contribution is 1.12. The molecule has 0 aliphatic rings. The van der Waals surface area contributed by atoms with Crippen molar-refractivity contribution in [3.63, 3.8) is 0 Å². The molecule has 0 amide bonds. The molecule has 0 aromatic carbocycles. The van der Waals surface area contributed by atoms with Crippen molar-refractivity contribution >= 4 is 6.21 Å². The number of aliphatic imine (C=N–C) groups is 1. The van der Waals surface area contributed by atoms with E-state index >= 15 is 0 Å². The molecular weight excluding hydrogens is 134 g/mol. The van der Waals surface area contributed by atoms with Gasteiger partial charge in [-0.3, -0.25) is 4.99 Å². The van der Waals surface area contributed by atoms with Gasteiger partial charge in [-0.2, -0.15) is 0 Å². The Balaban J connectivity index is 0. The first-order chi connectivity index (χ1) is 5.35. The van der Waals surface area contributed by atoms with E-state index < -0.39 is 0 Å². The van der Waals surface area contributed by atoms with Gasteiger partial charge in [-0.1, -0.05) is 33.8 Å². The third-order valence-corrected chi connectivity index (χ3v) is 1.17. The Morgan fingerprint density at radius 3 is 2.09 bits per heavy atom. The van der Waals surface area contributed by atoms with Crippen molar-refractivity contribution in [2.75, 3.05) is 7.05 Å². The Labute approximate surface area is 71.2 Å². The molecule has 1 heteroatoms. The van der Waals surface area contributed by atoms with Crippen molar-refractivity contribution in [1.82, 2.24) is 0 Å². The van der Waals surface area contributed by atoms with Gasteiger partial charge in [0.25, 0.3) is 0 Å². The zero-order valence-electron chi connectivity index (χ0n) is 8.52. The minimum Gasteiger partial charge on any atom is -0.296 e. The molecule has 0 aromatic heterocycles. The average Bonchev–Trinajstić information content (AvgIpc) is 2.08. The number of hydrogen-bond donors (Lipinski definition) is 0. The Hall–Kier alpha value is -0.590. The van der Waals surface area contributed by atoms with Crippen LogP contribution < -0.4 is 0 Å². The van der Waals surface area contributed by atoms with Gasteiger partial charge in [0.05, 0.1) is 0 Å². The van der Waals surface area contributed by atoms with E-state index in [1.54, 1.807) is 7.05 Å². The Kier molecular flexibility index (Phi) is 14.4. The zero-order valence-corrected chi connectivity index (χ0v) is 8.52. The lowest BCUT2D eigenvalue weighted by Gasteiger charge is -1.91. The fraction of sp³-hybridized carbons (Fsp3) is 0.700. The maximum absolute atomic E-state index is 3.93. The summed E-state index contributed by atoms with van der Waals surface area (Å²) in [6.07, 6.45) is 6.32. The highest BCUT2D eigenvalue weighted by Crippen LogP contribution is 1.97. The highest BCUT2D eigenvalue weighted by Gasteiger charge is 1.83. The van der Waals surface area contributed by atoms with E-state index in [4.69, 9.17) is 0 Å². The predicted molar refractivity (Wildman–Crippen MR) is 54.4 cm³/mol. The maximum atomic E-state index is 3.93. The Morgan fingerprint density at radius 2 is 1.82 bits per heavy atom. The van der Waals surface area contributed by atoms with Crippen molar-refractivity contribution < 1.29 is 0 Å². The lowest BCUT2D eigenvalue weighted by Crippen LogP contribution is -1.80. The SMILES string of the molecule is CC.CC/C=C(\C=NC)CC. The molecule has 0 N–H and O–H groups in total. The molecule has 0 aliphatic carbocycles. The van der Waals surface area contributed by atoms with Gasteiger partial charge < -0.3 is 0 Å². The third-order valence-electron chi connectivity index (χ3n) is 1.17. The van der Waals surface area contributed by atoms with Crippen LogP contribution in [0.4, 0.5) is 0 Å². The first-order valence-electron chi connectivity index (χ1n) is 4.46. The summed E-state index contributed by atoms with van der Waals surface area (Å²) in [5.41, 5.74) is 1.33. The third kappa shape index (κ3) is 9.41. The molecule has 0 bridgehead atoms. The van der Waals surface area contributed by atoms with Crippen LogP contribution in [-0.4, -0.2) is 13.3 Å². The Morgan fingerprint density at radius 1 is 1.27 bits per heavy atom. The van der Waals surface area contributed by atoms with Gasteiger partial charge in [-0.25, -0.2) is 0 Å². The van der Waals surface area contributed by atoms with E-state index in [0.717, 1.165) is 12.8 Å². The van der Waals surface area contributed by atoms with Crippen molar-refractivity contribution in [1.29, 1.82) is 0 Å². The second-order valence-electron chi connectivity index (χ2n) is 1.93. The van der Waals surface area contributed by atoms with E-state index in [0.29, 0.717) is 0 Å². The van der Waals surface area contributed by atoms with Crippen LogP contribution in [0, 0.1) is 0 Å². The van der Waals surface area contributed by atoms with Crippen LogP contribution in [0.1, 0.15) is 40.5 Å². The fourth-order valence-corrected chi connectivity index (χ4v) is 0.716. The molecule has 0 unspecified atom stereocenters. The molecule has 11 heavy (non-hydrogen) atoms. The van der Waals surface area contributed by atoms with Crippen LogP contribution in [0.25, 0.3) is 0 Å². The second-order valence-corrected chi connectivity index (χ2v) is 1.93. The van der Waals surface area contributed by atoms with E-state index in [1.165, 1.54) is 5.57 Å². The molecule has 0 fully saturated rings. The van der Waals surface area contributed by atoms with Gasteiger partial charge in [0.1, 0.15) is 0 Å². The molecule has 0 aliphatic heterocycles. The van der Waals surface area contributed by atoms with Gasteiger partial charge in [0, 0.05) is 13.3 Å². The minimum absolute atomic E-state index is 1.09. The molecule has 1 nitrogen and oxygen atoms in total. The topological polar surface area (TPSA) is 12.4 Å². The predicted octanol–water partition coefficient (Wildman–Crippen LogP) is 3.46. The molecule has 0 radical (unpaired) electrons. The van der Waals surface area contributed by atoms with Gasteiger partial charge in [0.2, 0.25) is 0 Å². The van der Waals surface area contributed by atoms with Crippen molar-refractivity contribution in [3.8, 4) is 0 Å². The summed E-state index contributed by atoms with van der Waals surface area (Å²) in [4.78, 5) is 3.93. The van der Waals surface area contributed by atoms with E-state index in [9.17, 15) is 0 Å². The van der Waals surface area contributed by atoms with Crippen LogP contribution >= 0.6 is 0 Å². The maximum Gasteiger partial charge on any atom is 0.0277 e. The molecule has 0 heterocycles. The smallest absolute Gasteiger partial charge is 0.0277 e. The van der Waals surface area contributed by atoms with Crippen molar-refractivity contribution in [2.24, 2.45) is 4.99 Å². The van der Waals surface area contributed by atoms with E-state index in [2.05, 4.69) is 24.9 Å². The highest BCUT2D eigenvalue weighted by atomic mass is 14.6. The monoisotopic (exact) mass is 155 g/mol. The van der Waals surface area contributed by atoms with Crippen LogP contribution in [0.2, 0.25) is 0 Å². The largest absolute Gasteiger partial charge is 0.296 e. The fourth-order valence-electron chi connectivity index (χ4n) is 0.716. The minimum atomic E-state index is 1.09. The van der Waals surface area contributed by atoms with E-state index in [1.807, 2.05) is 20.1 Å². The number of rotatable bonds is 3. The standard InChI is InChI=1S/C8H15N.C2H6/c1-4-6-8(5-2)7-9-3;1-2/h6-7H,4-5H2,1-3H3;1-2H3/b8-6-,9-7?;. The zero-order chi connectivity index (χ0) is 9.11. The average molecular weight is 155 g/mol. The first kappa shape index (κ1) is 13.0. The molecule has 0 spiro atoms. The van der Waals surface area contributed by atoms with Gasteiger partial charge >= 0.3 is 0 Å².